The Morgan fingerprint density at radius 1 is 1.67 bits per heavy atom. The van der Waals surface area contributed by atoms with Crippen molar-refractivity contribution in [3.05, 3.63) is 16.9 Å². The van der Waals surface area contributed by atoms with Crippen LogP contribution in [0.15, 0.2) is 6.20 Å². The van der Waals surface area contributed by atoms with Gasteiger partial charge in [0.2, 0.25) is 0 Å². The van der Waals surface area contributed by atoms with E-state index in [1.165, 1.54) is 0 Å². The third kappa shape index (κ3) is 2.69. The summed E-state index contributed by atoms with van der Waals surface area (Å²) in [7, 11) is 1.62. The average molecular weight is 233 g/mol. The normalized spacial score (nSPS) is 13.5. The Hall–Kier alpha value is -0.620. The van der Waals surface area contributed by atoms with Gasteiger partial charge in [0, 0.05) is 13.2 Å². The van der Waals surface area contributed by atoms with E-state index in [4.69, 9.17) is 22.2 Å². The summed E-state index contributed by atoms with van der Waals surface area (Å²) in [6.45, 7) is 4.52. The average Bonchev–Trinajstić information content (AvgIpc) is 2.57. The van der Waals surface area contributed by atoms with Gasteiger partial charge < -0.3 is 4.74 Å². The third-order valence-corrected chi connectivity index (χ3v) is 2.43. The number of nitrogens with two attached hydrogens (primary N) is 1. The summed E-state index contributed by atoms with van der Waals surface area (Å²) >= 11 is 6.06. The predicted molar refractivity (Wildman–Crippen MR) is 59.6 cm³/mol. The molecule has 3 N–H and O–H groups in total. The van der Waals surface area contributed by atoms with Gasteiger partial charge in [-0.15, -0.1) is 0 Å². The predicted octanol–water partition coefficient (Wildman–Crippen LogP) is 1.27. The second-order valence-corrected chi connectivity index (χ2v) is 4.00. The fourth-order valence-corrected chi connectivity index (χ4v) is 1.72. The molecule has 6 heteroatoms. The minimum Gasteiger partial charge on any atom is -0.383 e. The SMILES string of the molecule is COCC(NN)c1c(Cl)cnn1C(C)C. The number of nitrogens with one attached hydrogen (secondary N) is 1. The Morgan fingerprint density at radius 3 is 2.80 bits per heavy atom. The maximum Gasteiger partial charge on any atom is 0.0877 e. The molecule has 0 aliphatic rings. The van der Waals surface area contributed by atoms with E-state index in [-0.39, 0.29) is 12.1 Å². The Labute approximate surface area is 94.5 Å². The van der Waals surface area contributed by atoms with Crippen molar-refractivity contribution in [2.24, 2.45) is 5.84 Å². The molecular weight excluding hydrogens is 216 g/mol. The van der Waals surface area contributed by atoms with Gasteiger partial charge in [0.15, 0.2) is 0 Å². The summed E-state index contributed by atoms with van der Waals surface area (Å²) in [4.78, 5) is 0. The first-order valence-corrected chi connectivity index (χ1v) is 5.17. The monoisotopic (exact) mass is 232 g/mol. The van der Waals surface area contributed by atoms with Crippen molar-refractivity contribution < 1.29 is 4.74 Å². The zero-order chi connectivity index (χ0) is 11.4. The summed E-state index contributed by atoms with van der Waals surface area (Å²) in [6.07, 6.45) is 1.62. The molecule has 0 saturated carbocycles. The van der Waals surface area contributed by atoms with E-state index in [0.29, 0.717) is 11.6 Å². The van der Waals surface area contributed by atoms with E-state index in [1.54, 1.807) is 13.3 Å². The molecule has 0 bridgehead atoms. The third-order valence-electron chi connectivity index (χ3n) is 2.14. The number of hydrogen-bond acceptors (Lipinski definition) is 4. The van der Waals surface area contributed by atoms with Gasteiger partial charge in [-0.1, -0.05) is 11.6 Å². The van der Waals surface area contributed by atoms with Gasteiger partial charge in [-0.2, -0.15) is 5.10 Å². The second kappa shape index (κ2) is 5.46. The smallest absolute Gasteiger partial charge is 0.0877 e. The maximum atomic E-state index is 6.06. The quantitative estimate of drug-likeness (QED) is 0.593. The lowest BCUT2D eigenvalue weighted by Gasteiger charge is -2.19. The van der Waals surface area contributed by atoms with E-state index in [2.05, 4.69) is 10.5 Å². The lowest BCUT2D eigenvalue weighted by atomic mass is 10.2. The zero-order valence-corrected chi connectivity index (χ0v) is 9.95. The molecule has 1 aromatic rings. The van der Waals surface area contributed by atoms with Crippen LogP contribution in [0.5, 0.6) is 0 Å². The first-order valence-electron chi connectivity index (χ1n) is 4.79. The van der Waals surface area contributed by atoms with Gasteiger partial charge in [0.25, 0.3) is 0 Å². The van der Waals surface area contributed by atoms with Crippen molar-refractivity contribution in [1.82, 2.24) is 15.2 Å². The molecule has 0 amide bonds. The van der Waals surface area contributed by atoms with Crippen LogP contribution in [0.2, 0.25) is 5.02 Å². The summed E-state index contributed by atoms with van der Waals surface area (Å²) < 4.78 is 6.91. The molecule has 0 radical (unpaired) electrons. The van der Waals surface area contributed by atoms with Crippen LogP contribution in [0, 0.1) is 0 Å². The number of nitrogens with zero attached hydrogens (tertiary/aromatic N) is 2. The van der Waals surface area contributed by atoms with Crippen LogP contribution < -0.4 is 11.3 Å². The molecule has 86 valence electrons. The molecule has 0 saturated heterocycles. The molecule has 1 aromatic heterocycles. The van der Waals surface area contributed by atoms with Crippen LogP contribution in [0.4, 0.5) is 0 Å². The van der Waals surface area contributed by atoms with Crippen LogP contribution in [0.3, 0.4) is 0 Å². The number of rotatable bonds is 5. The van der Waals surface area contributed by atoms with Crippen molar-refractivity contribution in [2.45, 2.75) is 25.9 Å². The number of ether oxygens (including phenoxy) is 1. The van der Waals surface area contributed by atoms with E-state index >= 15 is 0 Å². The maximum absolute atomic E-state index is 6.06. The highest BCUT2D eigenvalue weighted by atomic mass is 35.5. The highest BCUT2D eigenvalue weighted by Gasteiger charge is 2.20. The largest absolute Gasteiger partial charge is 0.383 e. The highest BCUT2D eigenvalue weighted by molar-refractivity contribution is 6.31. The second-order valence-electron chi connectivity index (χ2n) is 3.59. The molecule has 1 rings (SSSR count). The number of aromatic nitrogens is 2. The molecule has 0 aliphatic carbocycles. The molecule has 1 atom stereocenters. The van der Waals surface area contributed by atoms with E-state index in [0.717, 1.165) is 5.69 Å². The van der Waals surface area contributed by atoms with Gasteiger partial charge in [-0.3, -0.25) is 10.5 Å². The fraction of sp³-hybridized carbons (Fsp3) is 0.667. The molecule has 0 fully saturated rings. The van der Waals surface area contributed by atoms with Crippen LogP contribution >= 0.6 is 11.6 Å². The number of hydrogen-bond donors (Lipinski definition) is 2. The highest BCUT2D eigenvalue weighted by Crippen LogP contribution is 2.25. The molecule has 0 aliphatic heterocycles. The molecule has 1 unspecified atom stereocenters. The van der Waals surface area contributed by atoms with Gasteiger partial charge in [-0.25, -0.2) is 5.43 Å². The topological polar surface area (TPSA) is 65.1 Å². The lowest BCUT2D eigenvalue weighted by Crippen LogP contribution is -2.33. The summed E-state index contributed by atoms with van der Waals surface area (Å²) in [6, 6.07) is 0.0904. The zero-order valence-electron chi connectivity index (χ0n) is 9.20. The first-order chi connectivity index (χ1) is 7.11. The Kier molecular flexibility index (Phi) is 4.53. The van der Waals surface area contributed by atoms with Gasteiger partial charge >= 0.3 is 0 Å². The van der Waals surface area contributed by atoms with Crippen LogP contribution in [-0.4, -0.2) is 23.5 Å². The standard InChI is InChI=1S/C9H17ClN4O/c1-6(2)14-9(7(10)4-12-14)8(13-11)5-15-3/h4,6,8,13H,5,11H2,1-3H3. The van der Waals surface area contributed by atoms with Crippen LogP contribution in [0.1, 0.15) is 31.6 Å². The van der Waals surface area contributed by atoms with Crippen LogP contribution in [0.25, 0.3) is 0 Å². The van der Waals surface area contributed by atoms with Crippen LogP contribution in [-0.2, 0) is 4.74 Å². The lowest BCUT2D eigenvalue weighted by molar-refractivity contribution is 0.163. The molecule has 1 heterocycles. The fourth-order valence-electron chi connectivity index (χ4n) is 1.46. The number of methoxy groups -OCH3 is 1. The van der Waals surface area contributed by atoms with E-state index < -0.39 is 0 Å². The summed E-state index contributed by atoms with van der Waals surface area (Å²) in [5.74, 6) is 5.46. The molecule has 5 nitrogen and oxygen atoms in total. The molecule has 0 aromatic carbocycles. The Balaban J connectivity index is 3.03. The Bertz CT molecular complexity index is 313. The summed E-state index contributed by atoms with van der Waals surface area (Å²) in [5, 5.41) is 4.80. The molecular formula is C9H17ClN4O. The number of hydrazine groups is 1. The molecule has 0 spiro atoms. The van der Waals surface area contributed by atoms with E-state index in [9.17, 15) is 0 Å². The summed E-state index contributed by atoms with van der Waals surface area (Å²) in [5.41, 5.74) is 3.53. The van der Waals surface area contributed by atoms with Gasteiger partial charge in [-0.05, 0) is 13.8 Å². The number of halogens is 1. The minimum absolute atomic E-state index is 0.146. The first kappa shape index (κ1) is 12.4. The van der Waals surface area contributed by atoms with E-state index in [1.807, 2.05) is 18.5 Å². The van der Waals surface area contributed by atoms with Gasteiger partial charge in [0.05, 0.1) is 29.6 Å². The van der Waals surface area contributed by atoms with Gasteiger partial charge in [0.1, 0.15) is 0 Å². The van der Waals surface area contributed by atoms with Crippen molar-refractivity contribution in [3.63, 3.8) is 0 Å². The Morgan fingerprint density at radius 2 is 2.33 bits per heavy atom. The van der Waals surface area contributed by atoms with Crippen molar-refractivity contribution >= 4 is 11.6 Å². The van der Waals surface area contributed by atoms with Crippen molar-refractivity contribution in [3.8, 4) is 0 Å². The van der Waals surface area contributed by atoms with Crippen molar-refractivity contribution in [1.29, 1.82) is 0 Å². The minimum atomic E-state index is -0.146. The molecule has 15 heavy (non-hydrogen) atoms. The van der Waals surface area contributed by atoms with Crippen molar-refractivity contribution in [2.75, 3.05) is 13.7 Å².